The fourth-order valence-corrected chi connectivity index (χ4v) is 3.00. The summed E-state index contributed by atoms with van der Waals surface area (Å²) in [5, 5.41) is 2.61. The molecule has 1 N–H and O–H groups in total. The lowest BCUT2D eigenvalue weighted by Gasteiger charge is -2.22. The van der Waals surface area contributed by atoms with Crippen LogP contribution in [0.25, 0.3) is 0 Å². The van der Waals surface area contributed by atoms with Gasteiger partial charge in [0.05, 0.1) is 7.11 Å². The number of methoxy groups -OCH3 is 1. The molecule has 0 aliphatic carbocycles. The highest BCUT2D eigenvalue weighted by Gasteiger charge is 2.49. The third kappa shape index (κ3) is 3.66. The number of amides is 3. The molecule has 1 atom stereocenters. The molecule has 2 aromatic carbocycles. The molecule has 8 heteroatoms. The smallest absolute Gasteiger partial charge is 0.326 e. The van der Waals surface area contributed by atoms with Crippen LogP contribution >= 0.6 is 0 Å². The van der Waals surface area contributed by atoms with Crippen LogP contribution in [0.5, 0.6) is 5.75 Å². The van der Waals surface area contributed by atoms with E-state index in [4.69, 9.17) is 9.47 Å². The lowest BCUT2D eigenvalue weighted by Crippen LogP contribution is -2.41. The van der Waals surface area contributed by atoms with Gasteiger partial charge >= 0.3 is 12.0 Å². The van der Waals surface area contributed by atoms with E-state index in [1.54, 1.807) is 37.3 Å². The Bertz CT molecular complexity index is 918. The van der Waals surface area contributed by atoms with E-state index < -0.39 is 35.8 Å². The number of imide groups is 1. The zero-order valence-electron chi connectivity index (χ0n) is 15.4. The van der Waals surface area contributed by atoms with Crippen molar-refractivity contribution in [1.29, 1.82) is 0 Å². The van der Waals surface area contributed by atoms with Crippen molar-refractivity contribution in [2.24, 2.45) is 0 Å². The zero-order chi connectivity index (χ0) is 20.3. The first kappa shape index (κ1) is 19.3. The molecule has 2 aromatic rings. The molecule has 0 radical (unpaired) electrons. The van der Waals surface area contributed by atoms with Gasteiger partial charge in [0.15, 0.2) is 0 Å². The van der Waals surface area contributed by atoms with Crippen molar-refractivity contribution in [2.75, 3.05) is 13.7 Å². The first-order valence-corrected chi connectivity index (χ1v) is 8.53. The van der Waals surface area contributed by atoms with E-state index in [2.05, 4.69) is 5.32 Å². The average Bonchev–Trinajstić information content (AvgIpc) is 2.91. The van der Waals surface area contributed by atoms with Crippen LogP contribution in [-0.4, -0.2) is 36.5 Å². The van der Waals surface area contributed by atoms with Crippen molar-refractivity contribution in [3.63, 3.8) is 0 Å². The van der Waals surface area contributed by atoms with Crippen LogP contribution in [0.4, 0.5) is 9.18 Å². The van der Waals surface area contributed by atoms with Crippen LogP contribution in [0.2, 0.25) is 0 Å². The van der Waals surface area contributed by atoms with E-state index in [1.165, 1.54) is 25.3 Å². The van der Waals surface area contributed by atoms with Crippen LogP contribution in [0.15, 0.2) is 48.5 Å². The van der Waals surface area contributed by atoms with Gasteiger partial charge in [-0.1, -0.05) is 30.3 Å². The van der Waals surface area contributed by atoms with Crippen molar-refractivity contribution < 1.29 is 28.2 Å². The highest BCUT2D eigenvalue weighted by Crippen LogP contribution is 2.28. The minimum Gasteiger partial charge on any atom is -0.496 e. The number of hydrogen-bond donors (Lipinski definition) is 1. The molecule has 3 amide bonds. The van der Waals surface area contributed by atoms with Crippen molar-refractivity contribution in [1.82, 2.24) is 10.2 Å². The number of nitrogens with zero attached hydrogens (tertiary/aromatic N) is 1. The fourth-order valence-electron chi connectivity index (χ4n) is 3.00. The van der Waals surface area contributed by atoms with Gasteiger partial charge in [-0.05, 0) is 30.7 Å². The summed E-state index contributed by atoms with van der Waals surface area (Å²) in [6.45, 7) is 0.773. The highest BCUT2D eigenvalue weighted by atomic mass is 19.1. The van der Waals surface area contributed by atoms with Crippen LogP contribution in [0, 0.1) is 5.82 Å². The Hall–Kier alpha value is -3.42. The Morgan fingerprint density at radius 2 is 1.89 bits per heavy atom. The van der Waals surface area contributed by atoms with Gasteiger partial charge in [0.2, 0.25) is 0 Å². The molecule has 0 spiro atoms. The maximum atomic E-state index is 13.4. The normalized spacial score (nSPS) is 18.8. The Balaban J connectivity index is 1.67. The van der Waals surface area contributed by atoms with E-state index in [1.807, 2.05) is 0 Å². The summed E-state index contributed by atoms with van der Waals surface area (Å²) in [4.78, 5) is 38.0. The van der Waals surface area contributed by atoms with E-state index in [9.17, 15) is 18.8 Å². The summed E-state index contributed by atoms with van der Waals surface area (Å²) in [6.07, 6.45) is 0. The number of esters is 1. The van der Waals surface area contributed by atoms with Gasteiger partial charge < -0.3 is 14.8 Å². The number of rotatable bonds is 6. The Labute approximate surface area is 161 Å². The van der Waals surface area contributed by atoms with Gasteiger partial charge in [-0.15, -0.1) is 0 Å². The second kappa shape index (κ2) is 7.67. The largest absolute Gasteiger partial charge is 0.496 e. The van der Waals surface area contributed by atoms with E-state index in [0.717, 1.165) is 4.90 Å². The molecule has 146 valence electrons. The maximum absolute atomic E-state index is 13.4. The molecular weight excluding hydrogens is 367 g/mol. The lowest BCUT2D eigenvalue weighted by atomic mass is 9.92. The average molecular weight is 386 g/mol. The van der Waals surface area contributed by atoms with Gasteiger partial charge in [0.1, 0.15) is 30.3 Å². The van der Waals surface area contributed by atoms with Crippen molar-refractivity contribution in [3.05, 3.63) is 65.5 Å². The first-order chi connectivity index (χ1) is 13.3. The van der Waals surface area contributed by atoms with Crippen LogP contribution < -0.4 is 10.1 Å². The standard InChI is InChI=1S/C20H19FN2O5/c1-20(14-6-4-3-5-7-14)18(25)23(19(26)22-20)11-17(24)28-12-13-10-15(21)8-9-16(13)27-2/h3-10H,11-12H2,1-2H3,(H,22,26)/t20-/m1/s1. The molecule has 0 aromatic heterocycles. The number of benzene rings is 2. The summed E-state index contributed by atoms with van der Waals surface area (Å²) in [6, 6.07) is 11.9. The Morgan fingerprint density at radius 3 is 2.57 bits per heavy atom. The molecule has 0 unspecified atom stereocenters. The third-order valence-electron chi connectivity index (χ3n) is 4.54. The van der Waals surface area contributed by atoms with Gasteiger partial charge in [0, 0.05) is 5.56 Å². The quantitative estimate of drug-likeness (QED) is 0.609. The number of nitrogens with one attached hydrogen (secondary N) is 1. The lowest BCUT2D eigenvalue weighted by molar-refractivity contribution is -0.148. The number of hydrogen-bond acceptors (Lipinski definition) is 5. The minimum absolute atomic E-state index is 0.251. The predicted molar refractivity (Wildman–Crippen MR) is 96.8 cm³/mol. The zero-order valence-corrected chi connectivity index (χ0v) is 15.4. The molecule has 7 nitrogen and oxygen atoms in total. The second-order valence-electron chi connectivity index (χ2n) is 6.43. The maximum Gasteiger partial charge on any atom is 0.326 e. The van der Waals surface area contributed by atoms with Crippen LogP contribution in [0.1, 0.15) is 18.1 Å². The van der Waals surface area contributed by atoms with Gasteiger partial charge in [-0.2, -0.15) is 0 Å². The molecule has 0 saturated carbocycles. The topological polar surface area (TPSA) is 84.9 Å². The number of halogens is 1. The SMILES string of the molecule is COc1ccc(F)cc1COC(=O)CN1C(=O)N[C@](C)(c2ccccc2)C1=O. The molecule has 1 aliphatic heterocycles. The van der Waals surface area contributed by atoms with E-state index >= 15 is 0 Å². The number of carbonyl (C=O) groups is 3. The third-order valence-corrected chi connectivity index (χ3v) is 4.54. The van der Waals surface area contributed by atoms with Crippen LogP contribution in [-0.2, 0) is 26.5 Å². The van der Waals surface area contributed by atoms with Crippen molar-refractivity contribution >= 4 is 17.9 Å². The number of carbonyl (C=O) groups excluding carboxylic acids is 3. The van der Waals surface area contributed by atoms with Crippen molar-refractivity contribution in [2.45, 2.75) is 19.1 Å². The van der Waals surface area contributed by atoms with Crippen molar-refractivity contribution in [3.8, 4) is 5.75 Å². The molecule has 1 aliphatic rings. The van der Waals surface area contributed by atoms with E-state index in [-0.39, 0.29) is 6.61 Å². The Morgan fingerprint density at radius 1 is 1.18 bits per heavy atom. The monoisotopic (exact) mass is 386 g/mol. The molecule has 0 bridgehead atoms. The summed E-state index contributed by atoms with van der Waals surface area (Å²) >= 11 is 0. The molecule has 3 rings (SSSR count). The number of ether oxygens (including phenoxy) is 2. The molecule has 1 heterocycles. The second-order valence-corrected chi connectivity index (χ2v) is 6.43. The van der Waals surface area contributed by atoms with Crippen LogP contribution in [0.3, 0.4) is 0 Å². The highest BCUT2D eigenvalue weighted by molar-refractivity contribution is 6.08. The molecule has 28 heavy (non-hydrogen) atoms. The van der Waals surface area contributed by atoms with Gasteiger partial charge in [0.25, 0.3) is 5.91 Å². The number of urea groups is 1. The summed E-state index contributed by atoms with van der Waals surface area (Å²) < 4.78 is 23.6. The fraction of sp³-hybridized carbons (Fsp3) is 0.250. The molecule has 1 saturated heterocycles. The van der Waals surface area contributed by atoms with E-state index in [0.29, 0.717) is 16.9 Å². The minimum atomic E-state index is -1.26. The van der Waals surface area contributed by atoms with Gasteiger partial charge in [-0.25, -0.2) is 9.18 Å². The predicted octanol–water partition coefficient (Wildman–Crippen LogP) is 2.34. The summed E-state index contributed by atoms with van der Waals surface area (Å²) in [5.74, 6) is -1.49. The summed E-state index contributed by atoms with van der Waals surface area (Å²) in [7, 11) is 1.41. The molecule has 1 fully saturated rings. The van der Waals surface area contributed by atoms with Gasteiger partial charge in [-0.3, -0.25) is 14.5 Å². The first-order valence-electron chi connectivity index (χ1n) is 8.53. The Kier molecular flexibility index (Phi) is 5.30. The summed E-state index contributed by atoms with van der Waals surface area (Å²) in [5.41, 5.74) is -0.319. The molecular formula is C20H19FN2O5.